The maximum Gasteiger partial charge on any atom is 0.348 e. The number of carboxylic acids is 1. The number of hydrogen-bond acceptors (Lipinski definition) is 3. The molecule has 0 spiro atoms. The number of thiophene rings is 1. The third-order valence-electron chi connectivity index (χ3n) is 2.79. The van der Waals surface area contributed by atoms with Crippen LogP contribution in [-0.4, -0.2) is 35.1 Å². The number of aromatic carboxylic acids is 1. The summed E-state index contributed by atoms with van der Waals surface area (Å²) in [6.07, 6.45) is 2.03. The topological polar surface area (TPSA) is 69.6 Å². The van der Waals surface area contributed by atoms with E-state index in [0.29, 0.717) is 5.69 Å². The van der Waals surface area contributed by atoms with E-state index in [2.05, 4.69) is 5.32 Å². The van der Waals surface area contributed by atoms with Gasteiger partial charge in [-0.3, -0.25) is 0 Å². The number of nitrogens with zero attached hydrogens (tertiary/aromatic N) is 1. The van der Waals surface area contributed by atoms with Gasteiger partial charge in [-0.05, 0) is 30.7 Å². The molecule has 0 aliphatic carbocycles. The number of hydrogen-bond donors (Lipinski definition) is 2. The Morgan fingerprint density at radius 3 is 2.65 bits per heavy atom. The molecule has 1 aliphatic rings. The van der Waals surface area contributed by atoms with Gasteiger partial charge in [0.25, 0.3) is 0 Å². The Bertz CT molecular complexity index is 450. The fourth-order valence-corrected chi connectivity index (χ4v) is 2.71. The lowest BCUT2D eigenvalue weighted by Gasteiger charge is -2.16. The number of nitrogens with one attached hydrogen (secondary N) is 1. The third-order valence-corrected chi connectivity index (χ3v) is 3.88. The molecule has 92 valence electrons. The molecule has 1 saturated heterocycles. The van der Waals surface area contributed by atoms with Gasteiger partial charge in [0.05, 0.1) is 5.69 Å². The van der Waals surface area contributed by atoms with Crippen molar-refractivity contribution in [3.05, 3.63) is 15.8 Å². The highest BCUT2D eigenvalue weighted by Crippen LogP contribution is 2.28. The average molecular weight is 254 g/mol. The molecule has 1 aliphatic heterocycles. The van der Waals surface area contributed by atoms with Crippen molar-refractivity contribution < 1.29 is 14.7 Å². The third kappa shape index (κ3) is 2.41. The van der Waals surface area contributed by atoms with E-state index >= 15 is 0 Å². The molecular formula is C11H14N2O3S. The zero-order valence-electron chi connectivity index (χ0n) is 9.52. The zero-order chi connectivity index (χ0) is 12.4. The number of urea groups is 1. The fourth-order valence-electron chi connectivity index (χ4n) is 1.86. The Balaban J connectivity index is 2.14. The van der Waals surface area contributed by atoms with Crippen LogP contribution in [0.2, 0.25) is 0 Å². The number of rotatable bonds is 2. The van der Waals surface area contributed by atoms with E-state index in [0.717, 1.165) is 42.8 Å². The molecule has 2 N–H and O–H groups in total. The monoisotopic (exact) mass is 254 g/mol. The van der Waals surface area contributed by atoms with E-state index in [1.807, 2.05) is 0 Å². The maximum atomic E-state index is 11.9. The minimum Gasteiger partial charge on any atom is -0.477 e. The normalized spacial score (nSPS) is 15.0. The van der Waals surface area contributed by atoms with Crippen LogP contribution in [0.25, 0.3) is 0 Å². The quantitative estimate of drug-likeness (QED) is 0.851. The van der Waals surface area contributed by atoms with Crippen LogP contribution in [-0.2, 0) is 0 Å². The smallest absolute Gasteiger partial charge is 0.348 e. The standard InChI is InChI=1S/C11H14N2O3S/c1-7-6-17-9(10(14)15)8(7)12-11(16)13-4-2-3-5-13/h6H,2-5H2,1H3,(H,12,16)(H,14,15). The molecule has 6 heteroatoms. The van der Waals surface area contributed by atoms with Crippen molar-refractivity contribution in [3.8, 4) is 0 Å². The van der Waals surface area contributed by atoms with Gasteiger partial charge >= 0.3 is 12.0 Å². The van der Waals surface area contributed by atoms with Crippen molar-refractivity contribution in [2.45, 2.75) is 19.8 Å². The Morgan fingerprint density at radius 2 is 2.06 bits per heavy atom. The van der Waals surface area contributed by atoms with Gasteiger partial charge in [-0.25, -0.2) is 9.59 Å². The van der Waals surface area contributed by atoms with Crippen molar-refractivity contribution in [2.24, 2.45) is 0 Å². The van der Waals surface area contributed by atoms with Crippen LogP contribution in [0.15, 0.2) is 5.38 Å². The van der Waals surface area contributed by atoms with Crippen molar-refractivity contribution in [2.75, 3.05) is 18.4 Å². The van der Waals surface area contributed by atoms with E-state index in [1.165, 1.54) is 0 Å². The minimum absolute atomic E-state index is 0.190. The molecule has 0 radical (unpaired) electrons. The second-order valence-electron chi connectivity index (χ2n) is 4.05. The highest BCUT2D eigenvalue weighted by molar-refractivity contribution is 7.12. The summed E-state index contributed by atoms with van der Waals surface area (Å²) < 4.78 is 0. The minimum atomic E-state index is -1.00. The molecule has 1 aromatic rings. The molecule has 1 aromatic heterocycles. The summed E-state index contributed by atoms with van der Waals surface area (Å²) in [5.74, 6) is -1.00. The zero-order valence-corrected chi connectivity index (χ0v) is 10.3. The Hall–Kier alpha value is -1.56. The molecular weight excluding hydrogens is 240 g/mol. The van der Waals surface area contributed by atoms with Crippen LogP contribution in [0.3, 0.4) is 0 Å². The second-order valence-corrected chi connectivity index (χ2v) is 4.93. The Morgan fingerprint density at radius 1 is 1.41 bits per heavy atom. The van der Waals surface area contributed by atoms with E-state index in [-0.39, 0.29) is 10.9 Å². The molecule has 5 nitrogen and oxygen atoms in total. The number of likely N-dealkylation sites (tertiary alicyclic amines) is 1. The largest absolute Gasteiger partial charge is 0.477 e. The van der Waals surface area contributed by atoms with Gasteiger partial charge in [0.2, 0.25) is 0 Å². The van der Waals surface area contributed by atoms with Crippen LogP contribution >= 0.6 is 11.3 Å². The van der Waals surface area contributed by atoms with Crippen molar-refractivity contribution in [1.29, 1.82) is 0 Å². The first-order valence-corrected chi connectivity index (χ1v) is 6.35. The first-order chi connectivity index (χ1) is 8.09. The number of carboxylic acid groups (broad SMARTS) is 1. The molecule has 2 amide bonds. The van der Waals surface area contributed by atoms with Gasteiger partial charge in [-0.2, -0.15) is 0 Å². The Kier molecular flexibility index (Phi) is 3.33. The summed E-state index contributed by atoms with van der Waals surface area (Å²) in [6, 6.07) is -0.202. The predicted octanol–water partition coefficient (Wildman–Crippen LogP) is 2.38. The lowest BCUT2D eigenvalue weighted by molar-refractivity contribution is 0.0703. The number of carbonyl (C=O) groups excluding carboxylic acids is 1. The highest BCUT2D eigenvalue weighted by Gasteiger charge is 2.22. The van der Waals surface area contributed by atoms with E-state index < -0.39 is 5.97 Å². The van der Waals surface area contributed by atoms with Crippen molar-refractivity contribution >= 4 is 29.0 Å². The van der Waals surface area contributed by atoms with E-state index in [9.17, 15) is 9.59 Å². The molecule has 0 unspecified atom stereocenters. The van der Waals surface area contributed by atoms with Gasteiger partial charge < -0.3 is 15.3 Å². The van der Waals surface area contributed by atoms with Gasteiger partial charge in [-0.1, -0.05) is 0 Å². The van der Waals surface area contributed by atoms with Gasteiger partial charge in [-0.15, -0.1) is 11.3 Å². The van der Waals surface area contributed by atoms with Crippen molar-refractivity contribution in [1.82, 2.24) is 4.90 Å². The van der Waals surface area contributed by atoms with Gasteiger partial charge in [0.15, 0.2) is 0 Å². The van der Waals surface area contributed by atoms with E-state index in [4.69, 9.17) is 5.11 Å². The number of carbonyl (C=O) groups is 2. The molecule has 0 aromatic carbocycles. The summed E-state index contributed by atoms with van der Waals surface area (Å²) in [7, 11) is 0. The number of anilines is 1. The Labute approximate surface area is 103 Å². The lowest BCUT2D eigenvalue weighted by atomic mass is 10.2. The van der Waals surface area contributed by atoms with Gasteiger partial charge in [0, 0.05) is 13.1 Å². The first kappa shape index (κ1) is 11.9. The summed E-state index contributed by atoms with van der Waals surface area (Å²) in [5.41, 5.74) is 1.22. The van der Waals surface area contributed by atoms with Crippen LogP contribution in [0, 0.1) is 6.92 Å². The van der Waals surface area contributed by atoms with Crippen molar-refractivity contribution in [3.63, 3.8) is 0 Å². The first-order valence-electron chi connectivity index (χ1n) is 5.47. The highest BCUT2D eigenvalue weighted by atomic mass is 32.1. The molecule has 2 heterocycles. The summed E-state index contributed by atoms with van der Waals surface area (Å²) in [4.78, 5) is 24.8. The second kappa shape index (κ2) is 4.75. The van der Waals surface area contributed by atoms with E-state index in [1.54, 1.807) is 17.2 Å². The van der Waals surface area contributed by atoms with Crippen LogP contribution in [0.1, 0.15) is 28.1 Å². The lowest BCUT2D eigenvalue weighted by Crippen LogP contribution is -2.32. The number of amides is 2. The molecule has 17 heavy (non-hydrogen) atoms. The van der Waals surface area contributed by atoms with Crippen LogP contribution < -0.4 is 5.32 Å². The molecule has 0 bridgehead atoms. The molecule has 0 atom stereocenters. The summed E-state index contributed by atoms with van der Waals surface area (Å²) >= 11 is 1.14. The van der Waals surface area contributed by atoms with Crippen LogP contribution in [0.4, 0.5) is 10.5 Å². The molecule has 1 fully saturated rings. The molecule has 2 rings (SSSR count). The summed E-state index contributed by atoms with van der Waals surface area (Å²) in [5, 5.41) is 13.4. The van der Waals surface area contributed by atoms with Gasteiger partial charge in [0.1, 0.15) is 4.88 Å². The summed E-state index contributed by atoms with van der Waals surface area (Å²) in [6.45, 7) is 3.29. The maximum absolute atomic E-state index is 11.9. The SMILES string of the molecule is Cc1csc(C(=O)O)c1NC(=O)N1CCCC1. The van der Waals surface area contributed by atoms with Crippen LogP contribution in [0.5, 0.6) is 0 Å². The average Bonchev–Trinajstić information content (AvgIpc) is 2.89. The predicted molar refractivity (Wildman–Crippen MR) is 65.8 cm³/mol. The fraction of sp³-hybridized carbons (Fsp3) is 0.455. The molecule has 0 saturated carbocycles. The number of aryl methyl sites for hydroxylation is 1.